The number of carbonyl (C=O) groups excluding carboxylic acids is 1. The number of aliphatic imine (C=N–C) groups is 2. The minimum absolute atomic E-state index is 0.0793. The largest absolute Gasteiger partial charge is 0.481 e. The Morgan fingerprint density at radius 1 is 1.38 bits per heavy atom. The van der Waals surface area contributed by atoms with Gasteiger partial charge in [0.1, 0.15) is 6.04 Å². The minimum atomic E-state index is -1.24. The zero-order valence-corrected chi connectivity index (χ0v) is 22.5. The van der Waals surface area contributed by atoms with Crippen LogP contribution in [0.1, 0.15) is 49.2 Å². The monoisotopic (exact) mass is 577 g/mol. The van der Waals surface area contributed by atoms with E-state index in [9.17, 15) is 18.4 Å². The number of hydrogen-bond donors (Lipinski definition) is 3. The van der Waals surface area contributed by atoms with Gasteiger partial charge in [-0.3, -0.25) is 14.8 Å². The molecule has 0 spiro atoms. The van der Waals surface area contributed by atoms with Gasteiger partial charge in [-0.2, -0.15) is 0 Å². The number of aliphatic carboxylic acids is 1. The first kappa shape index (κ1) is 28.4. The molecule has 1 aromatic heterocycles. The summed E-state index contributed by atoms with van der Waals surface area (Å²) < 4.78 is 33.9. The lowest BCUT2D eigenvalue weighted by molar-refractivity contribution is -0.139. The molecule has 1 aliphatic heterocycles. The molecule has 4 rings (SSSR count). The number of nitrogens with one attached hydrogen (secondary N) is 1. The van der Waals surface area contributed by atoms with E-state index < -0.39 is 34.6 Å². The lowest BCUT2D eigenvalue weighted by atomic mass is 9.81. The molecule has 1 aromatic carbocycles. The molecular formula is C26H26ClF2N5O4S. The van der Waals surface area contributed by atoms with Crippen molar-refractivity contribution in [1.82, 2.24) is 10.3 Å². The summed E-state index contributed by atoms with van der Waals surface area (Å²) in [5.74, 6) is -3.93. The number of benzene rings is 1. The zero-order valence-electron chi connectivity index (χ0n) is 20.9. The predicted molar refractivity (Wildman–Crippen MR) is 144 cm³/mol. The van der Waals surface area contributed by atoms with Crippen LogP contribution in [-0.4, -0.2) is 47.2 Å². The van der Waals surface area contributed by atoms with Crippen LogP contribution in [0.3, 0.4) is 0 Å². The third-order valence-corrected chi connectivity index (χ3v) is 7.48. The van der Waals surface area contributed by atoms with Gasteiger partial charge in [-0.15, -0.1) is 11.3 Å². The number of halogens is 3. The Labute approximate surface area is 232 Å². The number of aromatic nitrogens is 1. The third kappa shape index (κ3) is 6.34. The van der Waals surface area contributed by atoms with E-state index in [1.165, 1.54) is 17.4 Å². The number of nitrogens with zero attached hydrogens (tertiary/aromatic N) is 3. The highest BCUT2D eigenvalue weighted by Crippen LogP contribution is 2.42. The number of thiazole rings is 1. The average Bonchev–Trinajstić information content (AvgIpc) is 3.45. The second kappa shape index (κ2) is 12.5. The van der Waals surface area contributed by atoms with Crippen LogP contribution >= 0.6 is 22.9 Å². The predicted octanol–water partition coefficient (Wildman–Crippen LogP) is 4.54. The summed E-state index contributed by atoms with van der Waals surface area (Å²) >= 11 is 7.56. The van der Waals surface area contributed by atoms with Crippen LogP contribution in [-0.2, 0) is 14.3 Å². The molecule has 0 radical (unpaired) electrons. The van der Waals surface area contributed by atoms with Gasteiger partial charge in [-0.1, -0.05) is 17.7 Å². The first-order chi connectivity index (χ1) is 18.7. The maximum Gasteiger partial charge on any atom is 0.338 e. The van der Waals surface area contributed by atoms with E-state index in [0.717, 1.165) is 11.6 Å². The van der Waals surface area contributed by atoms with Gasteiger partial charge in [-0.05, 0) is 37.8 Å². The second-order valence-corrected chi connectivity index (χ2v) is 10.1. The summed E-state index contributed by atoms with van der Waals surface area (Å²) in [6, 6.07) is 1.14. The lowest BCUT2D eigenvalue weighted by Crippen LogP contribution is -2.38. The van der Waals surface area contributed by atoms with E-state index >= 15 is 0 Å². The fourth-order valence-electron chi connectivity index (χ4n) is 4.45. The number of esters is 1. The van der Waals surface area contributed by atoms with E-state index in [2.05, 4.69) is 20.3 Å². The van der Waals surface area contributed by atoms with Crippen molar-refractivity contribution in [3.05, 3.63) is 73.5 Å². The van der Waals surface area contributed by atoms with Crippen molar-refractivity contribution < 1.29 is 28.2 Å². The fraction of sp³-hybridized carbons (Fsp3) is 0.346. The number of carboxylic acid groups (broad SMARTS) is 1. The van der Waals surface area contributed by atoms with Crippen molar-refractivity contribution in [1.29, 1.82) is 0 Å². The van der Waals surface area contributed by atoms with Crippen LogP contribution in [0, 0.1) is 17.6 Å². The van der Waals surface area contributed by atoms with Gasteiger partial charge in [0.15, 0.2) is 22.5 Å². The maximum absolute atomic E-state index is 14.6. The number of amidine groups is 1. The third-order valence-electron chi connectivity index (χ3n) is 6.32. The van der Waals surface area contributed by atoms with Gasteiger partial charge in [0.2, 0.25) is 0 Å². The number of carboxylic acids is 1. The molecular weight excluding hydrogens is 552 g/mol. The number of ether oxygens (including phenoxy) is 1. The van der Waals surface area contributed by atoms with Crippen molar-refractivity contribution in [3.8, 4) is 0 Å². The smallest absolute Gasteiger partial charge is 0.338 e. The summed E-state index contributed by atoms with van der Waals surface area (Å²) in [6.07, 6.45) is 4.49. The molecule has 0 amide bonds. The molecule has 2 unspecified atom stereocenters. The Balaban J connectivity index is 1.81. The Bertz CT molecular complexity index is 1390. The number of hydrogen-bond acceptors (Lipinski definition) is 9. The highest BCUT2D eigenvalue weighted by atomic mass is 35.5. The molecule has 9 nitrogen and oxygen atoms in total. The van der Waals surface area contributed by atoms with Crippen molar-refractivity contribution in [3.63, 3.8) is 0 Å². The zero-order chi connectivity index (χ0) is 28.1. The molecule has 1 aliphatic carbocycles. The van der Waals surface area contributed by atoms with E-state index in [1.807, 2.05) is 0 Å². The van der Waals surface area contributed by atoms with E-state index in [-0.39, 0.29) is 36.6 Å². The Morgan fingerprint density at radius 3 is 2.87 bits per heavy atom. The SMILES string of the molecule is CCOC(=O)C1=C(C2CCC(N)=C(C=NCCC(=O)O)C2)NC(c2nccs2)=NC1c1ccc(F)c(F)c1Cl. The summed E-state index contributed by atoms with van der Waals surface area (Å²) in [7, 11) is 0. The average molecular weight is 578 g/mol. The highest BCUT2D eigenvalue weighted by Gasteiger charge is 2.38. The molecule has 39 heavy (non-hydrogen) atoms. The van der Waals surface area contributed by atoms with Gasteiger partial charge in [-0.25, -0.2) is 18.6 Å². The van der Waals surface area contributed by atoms with Gasteiger partial charge in [0.25, 0.3) is 0 Å². The van der Waals surface area contributed by atoms with E-state index in [1.54, 1.807) is 24.7 Å². The molecule has 13 heteroatoms. The van der Waals surface area contributed by atoms with E-state index in [0.29, 0.717) is 41.5 Å². The van der Waals surface area contributed by atoms with E-state index in [4.69, 9.17) is 27.2 Å². The molecule has 0 saturated carbocycles. The Hall–Kier alpha value is -3.64. The van der Waals surface area contributed by atoms with Crippen molar-refractivity contribution >= 4 is 46.9 Å². The number of nitrogens with two attached hydrogens (primary N) is 1. The van der Waals surface area contributed by atoms with Gasteiger partial charge >= 0.3 is 11.9 Å². The number of rotatable bonds is 9. The lowest BCUT2D eigenvalue weighted by Gasteiger charge is -2.33. The summed E-state index contributed by atoms with van der Waals surface area (Å²) in [5.41, 5.74) is 8.30. The van der Waals surface area contributed by atoms with Gasteiger partial charge in [0, 0.05) is 47.2 Å². The van der Waals surface area contributed by atoms with Crippen molar-refractivity contribution in [2.45, 2.75) is 38.6 Å². The first-order valence-corrected chi connectivity index (χ1v) is 13.4. The molecule has 0 saturated heterocycles. The quantitative estimate of drug-likeness (QED) is 0.226. The van der Waals surface area contributed by atoms with Crippen LogP contribution in [0.2, 0.25) is 5.02 Å². The number of carbonyl (C=O) groups is 2. The molecule has 206 valence electrons. The Morgan fingerprint density at radius 2 is 2.18 bits per heavy atom. The van der Waals surface area contributed by atoms with Crippen LogP contribution in [0.4, 0.5) is 8.78 Å². The number of allylic oxidation sites excluding steroid dienone is 3. The molecule has 2 aliphatic rings. The van der Waals surface area contributed by atoms with Gasteiger partial charge in [0.05, 0.1) is 23.6 Å². The molecule has 2 aromatic rings. The highest BCUT2D eigenvalue weighted by molar-refractivity contribution is 7.11. The second-order valence-electron chi connectivity index (χ2n) is 8.82. The van der Waals surface area contributed by atoms with Crippen molar-refractivity contribution in [2.75, 3.05) is 13.2 Å². The fourth-order valence-corrected chi connectivity index (χ4v) is 5.30. The first-order valence-electron chi connectivity index (χ1n) is 12.2. The normalized spacial score (nSPS) is 19.7. The summed E-state index contributed by atoms with van der Waals surface area (Å²) in [5, 5.41) is 13.9. The van der Waals surface area contributed by atoms with Gasteiger partial charge < -0.3 is 20.9 Å². The van der Waals surface area contributed by atoms with Crippen LogP contribution in [0.15, 0.2) is 56.2 Å². The maximum atomic E-state index is 14.6. The summed E-state index contributed by atoms with van der Waals surface area (Å²) in [4.78, 5) is 37.4. The Kier molecular flexibility index (Phi) is 9.08. The standard InChI is InChI=1S/C26H26ClF2N5O4S/c1-2-38-26(37)19-22(13-3-6-17(30)14(11-13)12-31-8-7-18(35)36)33-24(25-32-9-10-39-25)34-23(19)15-4-5-16(28)21(29)20(15)27/h4-5,9-10,12-13,23H,2-3,6-8,11,30H2,1H3,(H,33,34)(H,35,36). The van der Waals surface area contributed by atoms with Crippen LogP contribution in [0.5, 0.6) is 0 Å². The van der Waals surface area contributed by atoms with Crippen LogP contribution in [0.25, 0.3) is 0 Å². The van der Waals surface area contributed by atoms with Crippen LogP contribution < -0.4 is 11.1 Å². The molecule has 2 heterocycles. The minimum Gasteiger partial charge on any atom is -0.481 e. The molecule has 2 atom stereocenters. The molecule has 4 N–H and O–H groups in total. The topological polar surface area (TPSA) is 139 Å². The molecule has 0 bridgehead atoms. The summed E-state index contributed by atoms with van der Waals surface area (Å²) in [6.45, 7) is 1.84. The van der Waals surface area contributed by atoms with Crippen molar-refractivity contribution in [2.24, 2.45) is 21.6 Å². The molecule has 0 fully saturated rings.